The van der Waals surface area contributed by atoms with E-state index in [1.807, 2.05) is 32.0 Å². The monoisotopic (exact) mass is 394 g/mol. The fourth-order valence-electron chi connectivity index (χ4n) is 2.73. The molecule has 1 amide bonds. The molecule has 7 nitrogen and oxygen atoms in total. The smallest absolute Gasteiger partial charge is 0.257 e. The van der Waals surface area contributed by atoms with E-state index >= 15 is 0 Å². The van der Waals surface area contributed by atoms with Crippen LogP contribution in [-0.2, 0) is 0 Å². The molecule has 4 aromatic rings. The lowest BCUT2D eigenvalue weighted by Gasteiger charge is -2.04. The molecule has 0 radical (unpaired) electrons. The molecule has 0 unspecified atom stereocenters. The molecule has 0 saturated heterocycles. The number of aromatic nitrogens is 5. The zero-order valence-corrected chi connectivity index (χ0v) is 15.9. The SMILES string of the molecule is Cc1ccccc1C(=O)Nc1nc(-c2nnn(-c3ccc(F)cc3)c2C)ns1. The molecule has 140 valence electrons. The predicted octanol–water partition coefficient (Wildman–Crippen LogP) is 3.79. The van der Waals surface area contributed by atoms with Crippen LogP contribution >= 0.6 is 11.5 Å². The number of rotatable bonds is 4. The number of nitrogens with one attached hydrogen (secondary N) is 1. The summed E-state index contributed by atoms with van der Waals surface area (Å²) in [6.07, 6.45) is 0. The zero-order chi connectivity index (χ0) is 19.7. The van der Waals surface area contributed by atoms with Gasteiger partial charge in [0.1, 0.15) is 5.82 Å². The predicted molar refractivity (Wildman–Crippen MR) is 104 cm³/mol. The van der Waals surface area contributed by atoms with Crippen LogP contribution in [0, 0.1) is 19.7 Å². The minimum absolute atomic E-state index is 0.243. The van der Waals surface area contributed by atoms with Crippen molar-refractivity contribution in [2.45, 2.75) is 13.8 Å². The van der Waals surface area contributed by atoms with Gasteiger partial charge in [-0.15, -0.1) is 5.10 Å². The molecule has 2 aromatic heterocycles. The summed E-state index contributed by atoms with van der Waals surface area (Å²) in [5.41, 5.74) is 3.35. The van der Waals surface area contributed by atoms with Gasteiger partial charge in [-0.2, -0.15) is 9.36 Å². The summed E-state index contributed by atoms with van der Waals surface area (Å²) in [4.78, 5) is 16.8. The van der Waals surface area contributed by atoms with Gasteiger partial charge in [-0.25, -0.2) is 9.07 Å². The van der Waals surface area contributed by atoms with Crippen molar-refractivity contribution in [3.05, 3.63) is 71.2 Å². The van der Waals surface area contributed by atoms with E-state index in [4.69, 9.17) is 0 Å². The Kier molecular flexibility index (Phi) is 4.66. The number of amides is 1. The van der Waals surface area contributed by atoms with Gasteiger partial charge < -0.3 is 0 Å². The molecule has 4 rings (SSSR count). The maximum atomic E-state index is 13.1. The molecule has 0 atom stereocenters. The summed E-state index contributed by atoms with van der Waals surface area (Å²) < 4.78 is 19.0. The normalized spacial score (nSPS) is 10.8. The highest BCUT2D eigenvalue weighted by Crippen LogP contribution is 2.24. The van der Waals surface area contributed by atoms with E-state index in [0.717, 1.165) is 17.1 Å². The summed E-state index contributed by atoms with van der Waals surface area (Å²) in [7, 11) is 0. The van der Waals surface area contributed by atoms with Gasteiger partial charge in [0, 0.05) is 17.1 Å². The summed E-state index contributed by atoms with van der Waals surface area (Å²) in [6, 6.07) is 13.3. The molecule has 2 aromatic carbocycles. The van der Waals surface area contributed by atoms with E-state index in [0.29, 0.717) is 33.6 Å². The fraction of sp³-hybridized carbons (Fsp3) is 0.105. The Morgan fingerprint density at radius 3 is 2.61 bits per heavy atom. The lowest BCUT2D eigenvalue weighted by molar-refractivity contribution is 0.102. The Morgan fingerprint density at radius 2 is 1.86 bits per heavy atom. The lowest BCUT2D eigenvalue weighted by atomic mass is 10.1. The quantitative estimate of drug-likeness (QED) is 0.569. The standard InChI is InChI=1S/C19H15FN6OS/c1-11-5-3-4-6-15(11)18(27)22-19-21-17(24-28-19)16-12(2)26(25-23-16)14-9-7-13(20)8-10-14/h3-10H,1-2H3,(H,21,22,24,27). The molecule has 0 spiro atoms. The first-order chi connectivity index (χ1) is 13.5. The van der Waals surface area contributed by atoms with Crippen LogP contribution < -0.4 is 5.32 Å². The number of carbonyl (C=O) groups excluding carboxylic acids is 1. The van der Waals surface area contributed by atoms with Crippen molar-refractivity contribution in [2.24, 2.45) is 0 Å². The topological polar surface area (TPSA) is 85.6 Å². The van der Waals surface area contributed by atoms with Crippen LogP contribution in [-0.4, -0.2) is 30.3 Å². The van der Waals surface area contributed by atoms with Crippen LogP contribution in [0.2, 0.25) is 0 Å². The highest BCUT2D eigenvalue weighted by molar-refractivity contribution is 7.10. The Hall–Kier alpha value is -3.46. The van der Waals surface area contributed by atoms with E-state index in [9.17, 15) is 9.18 Å². The number of halogens is 1. The number of hydrogen-bond donors (Lipinski definition) is 1. The maximum Gasteiger partial charge on any atom is 0.257 e. The molecule has 0 aliphatic carbocycles. The highest BCUT2D eigenvalue weighted by atomic mass is 32.1. The van der Waals surface area contributed by atoms with Crippen molar-refractivity contribution in [3.63, 3.8) is 0 Å². The number of benzene rings is 2. The van der Waals surface area contributed by atoms with Crippen molar-refractivity contribution in [2.75, 3.05) is 5.32 Å². The van der Waals surface area contributed by atoms with Crippen LogP contribution in [0.1, 0.15) is 21.6 Å². The zero-order valence-electron chi connectivity index (χ0n) is 15.0. The van der Waals surface area contributed by atoms with Gasteiger partial charge in [-0.05, 0) is 49.7 Å². The molecule has 2 heterocycles. The molecular weight excluding hydrogens is 379 g/mol. The van der Waals surface area contributed by atoms with Crippen LogP contribution in [0.25, 0.3) is 17.2 Å². The molecule has 0 aliphatic rings. The van der Waals surface area contributed by atoms with E-state index < -0.39 is 0 Å². The second-order valence-corrected chi connectivity index (χ2v) is 6.86. The van der Waals surface area contributed by atoms with Gasteiger partial charge >= 0.3 is 0 Å². The molecule has 0 aliphatic heterocycles. The second kappa shape index (κ2) is 7.28. The van der Waals surface area contributed by atoms with E-state index in [-0.39, 0.29) is 11.7 Å². The molecule has 28 heavy (non-hydrogen) atoms. The van der Waals surface area contributed by atoms with E-state index in [1.165, 1.54) is 12.1 Å². The number of anilines is 1. The lowest BCUT2D eigenvalue weighted by Crippen LogP contribution is -2.13. The summed E-state index contributed by atoms with van der Waals surface area (Å²) >= 11 is 1.07. The van der Waals surface area contributed by atoms with Gasteiger partial charge in [0.15, 0.2) is 11.5 Å². The Labute approximate surface area is 164 Å². The molecule has 9 heteroatoms. The molecule has 0 fully saturated rings. The average molecular weight is 394 g/mol. The van der Waals surface area contributed by atoms with Gasteiger partial charge in [0.25, 0.3) is 5.91 Å². The third kappa shape index (κ3) is 3.39. The summed E-state index contributed by atoms with van der Waals surface area (Å²) in [6.45, 7) is 3.70. The number of hydrogen-bond acceptors (Lipinski definition) is 6. The Bertz CT molecular complexity index is 1150. The third-order valence-electron chi connectivity index (χ3n) is 4.21. The first-order valence-electron chi connectivity index (χ1n) is 8.42. The van der Waals surface area contributed by atoms with Crippen molar-refractivity contribution < 1.29 is 9.18 Å². The highest BCUT2D eigenvalue weighted by Gasteiger charge is 2.18. The van der Waals surface area contributed by atoms with Crippen LogP contribution in [0.4, 0.5) is 9.52 Å². The Morgan fingerprint density at radius 1 is 1.11 bits per heavy atom. The van der Waals surface area contributed by atoms with Crippen LogP contribution in [0.15, 0.2) is 48.5 Å². The van der Waals surface area contributed by atoms with Crippen LogP contribution in [0.5, 0.6) is 0 Å². The molecular formula is C19H15FN6OS. The molecule has 1 N–H and O–H groups in total. The largest absolute Gasteiger partial charge is 0.297 e. The maximum absolute atomic E-state index is 13.1. The summed E-state index contributed by atoms with van der Waals surface area (Å²) in [5, 5.41) is 11.4. The Balaban J connectivity index is 1.57. The number of carbonyl (C=O) groups is 1. The minimum atomic E-state index is -0.322. The van der Waals surface area contributed by atoms with Gasteiger partial charge in [-0.1, -0.05) is 23.4 Å². The molecule has 0 bridgehead atoms. The summed E-state index contributed by atoms with van der Waals surface area (Å²) in [5.74, 6) is -0.194. The third-order valence-corrected chi connectivity index (χ3v) is 4.84. The van der Waals surface area contributed by atoms with Gasteiger partial charge in [-0.3, -0.25) is 10.1 Å². The fourth-order valence-corrected chi connectivity index (χ4v) is 3.29. The average Bonchev–Trinajstić information content (AvgIpc) is 3.29. The van der Waals surface area contributed by atoms with Crippen molar-refractivity contribution in [3.8, 4) is 17.2 Å². The van der Waals surface area contributed by atoms with Gasteiger partial charge in [0.05, 0.1) is 11.4 Å². The first kappa shape index (κ1) is 17.9. The van der Waals surface area contributed by atoms with Crippen molar-refractivity contribution >= 4 is 22.6 Å². The molecule has 0 saturated carbocycles. The van der Waals surface area contributed by atoms with E-state index in [1.54, 1.807) is 22.9 Å². The van der Waals surface area contributed by atoms with Gasteiger partial charge in [0.2, 0.25) is 5.13 Å². The van der Waals surface area contributed by atoms with Crippen LogP contribution in [0.3, 0.4) is 0 Å². The van der Waals surface area contributed by atoms with Crippen molar-refractivity contribution in [1.82, 2.24) is 24.4 Å². The number of nitrogens with zero attached hydrogens (tertiary/aromatic N) is 5. The number of aryl methyl sites for hydroxylation is 1. The minimum Gasteiger partial charge on any atom is -0.297 e. The van der Waals surface area contributed by atoms with Crippen molar-refractivity contribution in [1.29, 1.82) is 0 Å². The second-order valence-electron chi connectivity index (χ2n) is 6.10. The van der Waals surface area contributed by atoms with E-state index in [2.05, 4.69) is 25.0 Å². The first-order valence-corrected chi connectivity index (χ1v) is 9.19.